The average molecular weight is 421 g/mol. The molecule has 0 aliphatic rings. The van der Waals surface area contributed by atoms with Gasteiger partial charge in [-0.3, -0.25) is 9.67 Å². The Balaban J connectivity index is 0.00000441. The molecule has 0 bridgehead atoms. The predicted molar refractivity (Wildman–Crippen MR) is 105 cm³/mol. The number of aliphatic imine (C=N–C) groups is 1. The summed E-state index contributed by atoms with van der Waals surface area (Å²) in [6, 6.07) is 0. The predicted octanol–water partition coefficient (Wildman–Crippen LogP) is 2.80. The molecule has 0 fully saturated rings. The van der Waals surface area contributed by atoms with Crippen LogP contribution in [0, 0.1) is 19.8 Å². The number of aromatic nitrogens is 2. The second-order valence-corrected chi connectivity index (χ2v) is 5.98. The summed E-state index contributed by atoms with van der Waals surface area (Å²) >= 11 is 0. The number of nitrogens with one attached hydrogen (secondary N) is 2. The second-order valence-electron chi connectivity index (χ2n) is 5.98. The lowest BCUT2D eigenvalue weighted by Gasteiger charge is -2.12. The first-order valence-corrected chi connectivity index (χ1v) is 7.89. The molecule has 1 aromatic heterocycles. The lowest BCUT2D eigenvalue weighted by Crippen LogP contribution is -2.38. The zero-order valence-corrected chi connectivity index (χ0v) is 17.2. The average Bonchev–Trinajstić information content (AvgIpc) is 2.67. The van der Waals surface area contributed by atoms with E-state index < -0.39 is 0 Å². The highest BCUT2D eigenvalue weighted by molar-refractivity contribution is 14.0. The summed E-state index contributed by atoms with van der Waals surface area (Å²) in [5.41, 5.74) is 3.70. The van der Waals surface area contributed by atoms with Crippen LogP contribution in [0.5, 0.6) is 0 Å². The fourth-order valence-electron chi connectivity index (χ4n) is 2.42. The number of halogens is 1. The van der Waals surface area contributed by atoms with Crippen molar-refractivity contribution in [2.45, 2.75) is 47.0 Å². The van der Waals surface area contributed by atoms with Crippen molar-refractivity contribution in [1.82, 2.24) is 20.4 Å². The highest BCUT2D eigenvalue weighted by Crippen LogP contribution is 2.11. The van der Waals surface area contributed by atoms with Gasteiger partial charge in [0.05, 0.1) is 5.69 Å². The molecule has 0 aromatic carbocycles. The molecule has 0 aliphatic carbocycles. The van der Waals surface area contributed by atoms with E-state index in [9.17, 15) is 0 Å². The van der Waals surface area contributed by atoms with Crippen molar-refractivity contribution in [2.24, 2.45) is 18.0 Å². The molecule has 0 spiro atoms. The molecular formula is C16H32IN5. The summed E-state index contributed by atoms with van der Waals surface area (Å²) in [5.74, 6) is 1.65. The van der Waals surface area contributed by atoms with E-state index in [4.69, 9.17) is 0 Å². The van der Waals surface area contributed by atoms with E-state index in [1.165, 1.54) is 24.1 Å². The number of hydrogen-bond donors (Lipinski definition) is 2. The molecule has 22 heavy (non-hydrogen) atoms. The molecule has 1 aromatic rings. The summed E-state index contributed by atoms with van der Waals surface area (Å²) in [6.07, 6.45) is 3.40. The smallest absolute Gasteiger partial charge is 0.190 e. The van der Waals surface area contributed by atoms with Crippen molar-refractivity contribution >= 4 is 29.9 Å². The van der Waals surface area contributed by atoms with Crippen LogP contribution in [0.2, 0.25) is 0 Å². The van der Waals surface area contributed by atoms with Crippen molar-refractivity contribution in [3.63, 3.8) is 0 Å². The molecule has 2 N–H and O–H groups in total. The third-order valence-corrected chi connectivity index (χ3v) is 3.80. The van der Waals surface area contributed by atoms with Crippen molar-refractivity contribution < 1.29 is 0 Å². The van der Waals surface area contributed by atoms with Crippen molar-refractivity contribution in [2.75, 3.05) is 20.1 Å². The van der Waals surface area contributed by atoms with E-state index in [-0.39, 0.29) is 24.0 Å². The number of rotatable bonds is 7. The van der Waals surface area contributed by atoms with Gasteiger partial charge >= 0.3 is 0 Å². The van der Waals surface area contributed by atoms with E-state index in [0.717, 1.165) is 37.1 Å². The molecule has 1 heterocycles. The van der Waals surface area contributed by atoms with Crippen LogP contribution in [-0.2, 0) is 13.5 Å². The zero-order chi connectivity index (χ0) is 15.8. The molecule has 0 saturated heterocycles. The SMILES string of the molecule is CN=C(NCCCC(C)C)NCCc1c(C)nn(C)c1C.I. The van der Waals surface area contributed by atoms with Crippen molar-refractivity contribution in [3.8, 4) is 0 Å². The van der Waals surface area contributed by atoms with Crippen LogP contribution in [0.1, 0.15) is 43.6 Å². The normalized spacial score (nSPS) is 11.5. The Morgan fingerprint density at radius 2 is 1.86 bits per heavy atom. The Bertz CT molecular complexity index is 465. The molecule has 6 heteroatoms. The second kappa shape index (κ2) is 10.9. The number of nitrogens with zero attached hydrogens (tertiary/aromatic N) is 3. The van der Waals surface area contributed by atoms with E-state index >= 15 is 0 Å². The van der Waals surface area contributed by atoms with Crippen LogP contribution in [0.3, 0.4) is 0 Å². The monoisotopic (exact) mass is 421 g/mol. The quantitative estimate of drug-likeness (QED) is 0.308. The summed E-state index contributed by atoms with van der Waals surface area (Å²) in [5, 5.41) is 11.2. The fraction of sp³-hybridized carbons (Fsp3) is 0.750. The first-order chi connectivity index (χ1) is 9.95. The summed E-state index contributed by atoms with van der Waals surface area (Å²) in [7, 11) is 3.81. The lowest BCUT2D eigenvalue weighted by molar-refractivity contribution is 0.549. The van der Waals surface area contributed by atoms with Gasteiger partial charge in [0, 0.05) is 32.9 Å². The highest BCUT2D eigenvalue weighted by Gasteiger charge is 2.08. The number of hydrogen-bond acceptors (Lipinski definition) is 2. The van der Waals surface area contributed by atoms with Gasteiger partial charge in [-0.05, 0) is 44.6 Å². The van der Waals surface area contributed by atoms with Crippen LogP contribution >= 0.6 is 24.0 Å². The highest BCUT2D eigenvalue weighted by atomic mass is 127. The number of guanidine groups is 1. The maximum absolute atomic E-state index is 4.45. The Labute approximate surface area is 152 Å². The van der Waals surface area contributed by atoms with Gasteiger partial charge in [-0.1, -0.05) is 13.8 Å². The molecular weight excluding hydrogens is 389 g/mol. The minimum Gasteiger partial charge on any atom is -0.356 e. The van der Waals surface area contributed by atoms with Gasteiger partial charge in [0.15, 0.2) is 5.96 Å². The molecule has 0 unspecified atom stereocenters. The molecule has 0 atom stereocenters. The first kappa shape index (κ1) is 21.2. The summed E-state index contributed by atoms with van der Waals surface area (Å²) < 4.78 is 1.95. The van der Waals surface area contributed by atoms with Gasteiger partial charge in [0.1, 0.15) is 0 Å². The van der Waals surface area contributed by atoms with Crippen molar-refractivity contribution in [1.29, 1.82) is 0 Å². The fourth-order valence-corrected chi connectivity index (χ4v) is 2.42. The molecule has 128 valence electrons. The van der Waals surface area contributed by atoms with Gasteiger partial charge in [0.25, 0.3) is 0 Å². The van der Waals surface area contributed by atoms with Crippen LogP contribution in [-0.4, -0.2) is 35.9 Å². The molecule has 5 nitrogen and oxygen atoms in total. The van der Waals surface area contributed by atoms with Crippen LogP contribution in [0.15, 0.2) is 4.99 Å². The van der Waals surface area contributed by atoms with Crippen LogP contribution < -0.4 is 10.6 Å². The number of aryl methyl sites for hydroxylation is 2. The standard InChI is InChI=1S/C16H31N5.HI/c1-12(2)8-7-10-18-16(17-5)19-11-9-15-13(3)20-21(6)14(15)4;/h12H,7-11H2,1-6H3,(H2,17,18,19);1H. The first-order valence-electron chi connectivity index (χ1n) is 7.89. The van der Waals surface area contributed by atoms with E-state index in [1.807, 2.05) is 18.8 Å². The van der Waals surface area contributed by atoms with Gasteiger partial charge in [-0.25, -0.2) is 0 Å². The molecule has 0 amide bonds. The van der Waals surface area contributed by atoms with Crippen LogP contribution in [0.25, 0.3) is 0 Å². The topological polar surface area (TPSA) is 54.2 Å². The van der Waals surface area contributed by atoms with Gasteiger partial charge in [-0.15, -0.1) is 24.0 Å². The van der Waals surface area contributed by atoms with Gasteiger partial charge in [0.2, 0.25) is 0 Å². The Hall–Kier alpha value is -0.790. The van der Waals surface area contributed by atoms with E-state index in [0.29, 0.717) is 0 Å². The third-order valence-electron chi connectivity index (χ3n) is 3.80. The van der Waals surface area contributed by atoms with Crippen molar-refractivity contribution in [3.05, 3.63) is 17.0 Å². The minimum atomic E-state index is 0. The van der Waals surface area contributed by atoms with Gasteiger partial charge < -0.3 is 10.6 Å². The Morgan fingerprint density at radius 3 is 2.36 bits per heavy atom. The molecule has 0 saturated carbocycles. The maximum atomic E-state index is 4.45. The zero-order valence-electron chi connectivity index (χ0n) is 14.9. The van der Waals surface area contributed by atoms with E-state index in [1.54, 1.807) is 0 Å². The third kappa shape index (κ3) is 6.98. The van der Waals surface area contributed by atoms with E-state index in [2.05, 4.69) is 48.4 Å². The lowest BCUT2D eigenvalue weighted by atomic mass is 10.1. The summed E-state index contributed by atoms with van der Waals surface area (Å²) in [4.78, 5) is 4.26. The van der Waals surface area contributed by atoms with Crippen LogP contribution in [0.4, 0.5) is 0 Å². The molecule has 0 aliphatic heterocycles. The maximum Gasteiger partial charge on any atom is 0.190 e. The minimum absolute atomic E-state index is 0. The summed E-state index contributed by atoms with van der Waals surface area (Å²) in [6.45, 7) is 10.5. The molecule has 1 rings (SSSR count). The van der Waals surface area contributed by atoms with Gasteiger partial charge in [-0.2, -0.15) is 5.10 Å². The Morgan fingerprint density at radius 1 is 1.23 bits per heavy atom. The largest absolute Gasteiger partial charge is 0.356 e. The Kier molecular flexibility index (Phi) is 10.5. The molecule has 0 radical (unpaired) electrons.